The molecule has 1 aromatic rings. The van der Waals surface area contributed by atoms with E-state index in [0.29, 0.717) is 5.69 Å². The number of anilines is 1. The molecule has 0 saturated heterocycles. The second-order valence-electron chi connectivity index (χ2n) is 5.52. The van der Waals surface area contributed by atoms with Gasteiger partial charge in [-0.2, -0.15) is 0 Å². The van der Waals surface area contributed by atoms with Gasteiger partial charge < -0.3 is 15.7 Å². The normalized spacial score (nSPS) is 11.2. The molecule has 1 aromatic carbocycles. The Morgan fingerprint density at radius 3 is 2.25 bits per heavy atom. The fourth-order valence-electron chi connectivity index (χ4n) is 1.73. The van der Waals surface area contributed by atoms with Gasteiger partial charge in [0.15, 0.2) is 0 Å². The molecule has 0 fully saturated rings. The van der Waals surface area contributed by atoms with Crippen LogP contribution < -0.4 is 10.6 Å². The van der Waals surface area contributed by atoms with E-state index in [1.165, 1.54) is 4.90 Å². The Morgan fingerprint density at radius 2 is 1.80 bits per heavy atom. The Hall–Kier alpha value is -1.88. The van der Waals surface area contributed by atoms with Crippen LogP contribution in [0.15, 0.2) is 24.3 Å². The highest BCUT2D eigenvalue weighted by Gasteiger charge is 2.31. The number of aryl methyl sites for hydroxylation is 1. The largest absolute Gasteiger partial charge is 0.481 e. The van der Waals surface area contributed by atoms with Gasteiger partial charge in [-0.1, -0.05) is 17.7 Å². The molecule has 0 aliphatic rings. The second kappa shape index (κ2) is 6.52. The van der Waals surface area contributed by atoms with Crippen LogP contribution in [0, 0.1) is 12.3 Å². The molecule has 3 N–H and O–H groups in total. The van der Waals surface area contributed by atoms with Crippen molar-refractivity contribution in [1.29, 1.82) is 0 Å². The highest BCUT2D eigenvalue weighted by atomic mass is 16.4. The number of amides is 1. The Balaban J connectivity index is 3.04. The first kappa shape index (κ1) is 16.2. The number of rotatable bonds is 6. The number of benzene rings is 1. The molecule has 0 bridgehead atoms. The molecule has 1 rings (SSSR count). The van der Waals surface area contributed by atoms with E-state index < -0.39 is 11.4 Å². The van der Waals surface area contributed by atoms with Gasteiger partial charge in [0.2, 0.25) is 5.91 Å². The van der Waals surface area contributed by atoms with Gasteiger partial charge in [-0.3, -0.25) is 9.59 Å². The predicted molar refractivity (Wildman–Crippen MR) is 78.6 cm³/mol. The summed E-state index contributed by atoms with van der Waals surface area (Å²) in [6, 6.07) is 7.43. The SMILES string of the molecule is Cc1ccc(N(CCC(=O)O)C(=O)C(C)(C)CN)cc1. The van der Waals surface area contributed by atoms with Crippen molar-refractivity contribution in [3.8, 4) is 0 Å². The van der Waals surface area contributed by atoms with E-state index >= 15 is 0 Å². The first-order valence-electron chi connectivity index (χ1n) is 6.58. The van der Waals surface area contributed by atoms with Crippen molar-refractivity contribution >= 4 is 17.6 Å². The van der Waals surface area contributed by atoms with Gasteiger partial charge in [-0.05, 0) is 32.9 Å². The number of carbonyl (C=O) groups excluding carboxylic acids is 1. The maximum atomic E-state index is 12.5. The molecule has 5 heteroatoms. The maximum absolute atomic E-state index is 12.5. The van der Waals surface area contributed by atoms with E-state index in [2.05, 4.69) is 0 Å². The number of carbonyl (C=O) groups is 2. The predicted octanol–water partition coefficient (Wildman–Crippen LogP) is 1.79. The number of carboxylic acid groups (broad SMARTS) is 1. The van der Waals surface area contributed by atoms with Crippen molar-refractivity contribution < 1.29 is 14.7 Å². The first-order chi connectivity index (χ1) is 9.27. The molecule has 20 heavy (non-hydrogen) atoms. The van der Waals surface area contributed by atoms with Crippen LogP contribution in [0.2, 0.25) is 0 Å². The summed E-state index contributed by atoms with van der Waals surface area (Å²) in [4.78, 5) is 24.8. The summed E-state index contributed by atoms with van der Waals surface area (Å²) in [7, 11) is 0. The molecule has 0 heterocycles. The van der Waals surface area contributed by atoms with Crippen LogP contribution in [0.25, 0.3) is 0 Å². The molecule has 0 spiro atoms. The van der Waals surface area contributed by atoms with E-state index in [4.69, 9.17) is 10.8 Å². The summed E-state index contributed by atoms with van der Waals surface area (Å²) < 4.78 is 0. The molecule has 1 amide bonds. The molecule has 0 aromatic heterocycles. The average Bonchev–Trinajstić information content (AvgIpc) is 2.40. The monoisotopic (exact) mass is 278 g/mol. The molecule has 0 saturated carbocycles. The van der Waals surface area contributed by atoms with Gasteiger partial charge in [-0.25, -0.2) is 0 Å². The number of hydrogen-bond acceptors (Lipinski definition) is 3. The van der Waals surface area contributed by atoms with E-state index in [0.717, 1.165) is 5.56 Å². The number of nitrogens with zero attached hydrogens (tertiary/aromatic N) is 1. The lowest BCUT2D eigenvalue weighted by atomic mass is 9.91. The lowest BCUT2D eigenvalue weighted by Crippen LogP contribution is -2.45. The summed E-state index contributed by atoms with van der Waals surface area (Å²) in [6.45, 7) is 5.83. The van der Waals surface area contributed by atoms with Gasteiger partial charge >= 0.3 is 5.97 Å². The van der Waals surface area contributed by atoms with Gasteiger partial charge in [0, 0.05) is 18.8 Å². The highest BCUT2D eigenvalue weighted by molar-refractivity contribution is 5.97. The smallest absolute Gasteiger partial charge is 0.305 e. The van der Waals surface area contributed by atoms with Crippen molar-refractivity contribution in [3.63, 3.8) is 0 Å². The van der Waals surface area contributed by atoms with E-state index in [1.807, 2.05) is 31.2 Å². The van der Waals surface area contributed by atoms with Gasteiger partial charge in [-0.15, -0.1) is 0 Å². The van der Waals surface area contributed by atoms with Crippen LogP contribution in [0.3, 0.4) is 0 Å². The lowest BCUT2D eigenvalue weighted by molar-refractivity contribution is -0.136. The standard InChI is InChI=1S/C15H22N2O3/c1-11-4-6-12(7-5-11)17(9-8-13(18)19)14(20)15(2,3)10-16/h4-7H,8-10,16H2,1-3H3,(H,18,19). The van der Waals surface area contributed by atoms with Crippen LogP contribution in [0.4, 0.5) is 5.69 Å². The zero-order chi connectivity index (χ0) is 15.3. The maximum Gasteiger partial charge on any atom is 0.305 e. The first-order valence-corrected chi connectivity index (χ1v) is 6.58. The second-order valence-corrected chi connectivity index (χ2v) is 5.52. The van der Waals surface area contributed by atoms with Crippen LogP contribution in [-0.2, 0) is 9.59 Å². The number of hydrogen-bond donors (Lipinski definition) is 2. The topological polar surface area (TPSA) is 83.6 Å². The Kier molecular flexibility index (Phi) is 5.27. The van der Waals surface area contributed by atoms with Gasteiger partial charge in [0.25, 0.3) is 0 Å². The fraction of sp³-hybridized carbons (Fsp3) is 0.467. The molecule has 0 aliphatic carbocycles. The number of aliphatic carboxylic acids is 1. The third-order valence-corrected chi connectivity index (χ3v) is 3.23. The molecular weight excluding hydrogens is 256 g/mol. The van der Waals surface area contributed by atoms with Crippen molar-refractivity contribution in [2.24, 2.45) is 11.1 Å². The van der Waals surface area contributed by atoms with Crippen LogP contribution >= 0.6 is 0 Å². The summed E-state index contributed by atoms with van der Waals surface area (Å²) in [5.41, 5.74) is 6.70. The molecule has 5 nitrogen and oxygen atoms in total. The van der Waals surface area contributed by atoms with Crippen molar-refractivity contribution in [2.45, 2.75) is 27.2 Å². The zero-order valence-corrected chi connectivity index (χ0v) is 12.2. The molecule has 0 unspecified atom stereocenters. The van der Waals surface area contributed by atoms with Crippen LogP contribution in [0.5, 0.6) is 0 Å². The summed E-state index contributed by atoms with van der Waals surface area (Å²) >= 11 is 0. The van der Waals surface area contributed by atoms with Crippen molar-refractivity contribution in [1.82, 2.24) is 0 Å². The summed E-state index contributed by atoms with van der Waals surface area (Å²) in [6.07, 6.45) is -0.0970. The lowest BCUT2D eigenvalue weighted by Gasteiger charge is -2.31. The third-order valence-electron chi connectivity index (χ3n) is 3.23. The number of carboxylic acids is 1. The Morgan fingerprint density at radius 1 is 1.25 bits per heavy atom. The van der Waals surface area contributed by atoms with Crippen molar-refractivity contribution in [3.05, 3.63) is 29.8 Å². The zero-order valence-electron chi connectivity index (χ0n) is 12.2. The van der Waals surface area contributed by atoms with E-state index in [9.17, 15) is 9.59 Å². The molecule has 0 atom stereocenters. The molecular formula is C15H22N2O3. The van der Waals surface area contributed by atoms with Crippen LogP contribution in [-0.4, -0.2) is 30.1 Å². The van der Waals surface area contributed by atoms with E-state index in [-0.39, 0.29) is 25.4 Å². The van der Waals surface area contributed by atoms with Gasteiger partial charge in [0.05, 0.1) is 11.8 Å². The van der Waals surface area contributed by atoms with Gasteiger partial charge in [0.1, 0.15) is 0 Å². The van der Waals surface area contributed by atoms with Crippen molar-refractivity contribution in [2.75, 3.05) is 18.0 Å². The minimum Gasteiger partial charge on any atom is -0.481 e. The third kappa shape index (κ3) is 4.06. The molecule has 0 aliphatic heterocycles. The quantitative estimate of drug-likeness (QED) is 0.831. The average molecular weight is 278 g/mol. The number of nitrogens with two attached hydrogens (primary N) is 1. The molecule has 0 radical (unpaired) electrons. The minimum absolute atomic E-state index is 0.0970. The van der Waals surface area contributed by atoms with Crippen LogP contribution in [0.1, 0.15) is 25.8 Å². The van der Waals surface area contributed by atoms with E-state index in [1.54, 1.807) is 13.8 Å². The molecule has 110 valence electrons. The highest BCUT2D eigenvalue weighted by Crippen LogP contribution is 2.23. The summed E-state index contributed by atoms with van der Waals surface area (Å²) in [5, 5.41) is 8.83. The Labute approximate surface area is 119 Å². The fourth-order valence-corrected chi connectivity index (χ4v) is 1.73. The minimum atomic E-state index is -0.930. The summed E-state index contributed by atoms with van der Waals surface area (Å²) in [5.74, 6) is -1.09. The Bertz CT molecular complexity index is 480.